The number of aromatic nitrogens is 2. The monoisotopic (exact) mass is 519 g/mol. The van der Waals surface area contributed by atoms with E-state index in [2.05, 4.69) is 28.9 Å². The van der Waals surface area contributed by atoms with Crippen LogP contribution in [0.1, 0.15) is 30.6 Å². The highest BCUT2D eigenvalue weighted by Gasteiger charge is 2.26. The molecule has 3 aromatic rings. The van der Waals surface area contributed by atoms with Crippen LogP contribution in [0.4, 0.5) is 10.2 Å². The molecule has 9 heteroatoms. The third kappa shape index (κ3) is 6.65. The average Bonchev–Trinajstić information content (AvgIpc) is 2.97. The van der Waals surface area contributed by atoms with Gasteiger partial charge in [-0.2, -0.15) is 0 Å². The smallest absolute Gasteiger partial charge is 0.254 e. The highest BCUT2D eigenvalue weighted by Crippen LogP contribution is 2.23. The van der Waals surface area contributed by atoms with Crippen LogP contribution in [0.25, 0.3) is 11.3 Å². The summed E-state index contributed by atoms with van der Waals surface area (Å²) in [6, 6.07) is 17.0. The fourth-order valence-corrected chi connectivity index (χ4v) is 4.38. The quantitative estimate of drug-likeness (QED) is 0.423. The predicted octanol–water partition coefficient (Wildman–Crippen LogP) is 4.13. The van der Waals surface area contributed by atoms with E-state index in [-0.39, 0.29) is 24.3 Å². The Labute approximate surface area is 223 Å². The second-order valence-electron chi connectivity index (χ2n) is 9.58. The van der Waals surface area contributed by atoms with E-state index in [1.54, 1.807) is 16.9 Å². The summed E-state index contributed by atoms with van der Waals surface area (Å²) >= 11 is 0. The molecule has 0 N–H and O–H groups in total. The zero-order valence-corrected chi connectivity index (χ0v) is 22.1. The van der Waals surface area contributed by atoms with Crippen LogP contribution in [0.3, 0.4) is 0 Å². The number of halogens is 1. The minimum Gasteiger partial charge on any atom is -0.497 e. The van der Waals surface area contributed by atoms with Gasteiger partial charge in [0.15, 0.2) is 5.82 Å². The van der Waals surface area contributed by atoms with Gasteiger partial charge >= 0.3 is 0 Å². The molecule has 1 aliphatic rings. The van der Waals surface area contributed by atoms with Gasteiger partial charge in [-0.15, -0.1) is 10.2 Å². The Hall–Kier alpha value is -4.01. The molecular weight excluding hydrogens is 485 g/mol. The molecule has 38 heavy (non-hydrogen) atoms. The van der Waals surface area contributed by atoms with Gasteiger partial charge in [-0.1, -0.05) is 32.4 Å². The lowest BCUT2D eigenvalue weighted by Gasteiger charge is -2.36. The molecule has 2 amide bonds. The summed E-state index contributed by atoms with van der Waals surface area (Å²) in [5.74, 6) is 1.00. The molecule has 0 radical (unpaired) electrons. The van der Waals surface area contributed by atoms with Crippen LogP contribution in [-0.4, -0.2) is 78.2 Å². The number of hydrogen-bond acceptors (Lipinski definition) is 6. The number of carbonyl (C=O) groups is 2. The molecule has 1 atom stereocenters. The number of methoxy groups -OCH3 is 1. The fourth-order valence-electron chi connectivity index (χ4n) is 4.38. The lowest BCUT2D eigenvalue weighted by Crippen LogP contribution is -2.52. The molecule has 0 unspecified atom stereocenters. The van der Waals surface area contributed by atoms with Crippen molar-refractivity contribution in [3.05, 3.63) is 72.0 Å². The number of amides is 2. The van der Waals surface area contributed by atoms with Crippen molar-refractivity contribution in [1.82, 2.24) is 20.0 Å². The van der Waals surface area contributed by atoms with Gasteiger partial charge in [0.05, 0.1) is 12.8 Å². The van der Waals surface area contributed by atoms with E-state index >= 15 is 0 Å². The molecule has 1 aliphatic heterocycles. The van der Waals surface area contributed by atoms with Crippen molar-refractivity contribution >= 4 is 17.6 Å². The topological polar surface area (TPSA) is 78.9 Å². The molecule has 0 bridgehead atoms. The average molecular weight is 520 g/mol. The van der Waals surface area contributed by atoms with Gasteiger partial charge in [0.25, 0.3) is 5.91 Å². The standard InChI is InChI=1S/C29H34FN5O3/c1-4-21(2)19-35(29(37)22-8-10-24(30)11-9-22)20-28(36)34-16-14-33(15-17-34)27-13-12-26(31-32-27)23-6-5-7-25(18-23)38-3/h5-13,18,21H,4,14-17,19-20H2,1-3H3/t21-/m0/s1. The second kappa shape index (κ2) is 12.5. The molecule has 4 rings (SSSR count). The number of carbonyl (C=O) groups excluding carboxylic acids is 2. The van der Waals surface area contributed by atoms with Crippen molar-refractivity contribution in [3.8, 4) is 17.0 Å². The summed E-state index contributed by atoms with van der Waals surface area (Å²) in [5, 5.41) is 8.80. The molecule has 2 heterocycles. The first-order valence-corrected chi connectivity index (χ1v) is 12.9. The Balaban J connectivity index is 1.36. The molecule has 1 saturated heterocycles. The first-order valence-electron chi connectivity index (χ1n) is 12.9. The van der Waals surface area contributed by atoms with E-state index in [1.807, 2.05) is 36.4 Å². The predicted molar refractivity (Wildman–Crippen MR) is 145 cm³/mol. The highest BCUT2D eigenvalue weighted by molar-refractivity contribution is 5.96. The highest BCUT2D eigenvalue weighted by atomic mass is 19.1. The molecule has 2 aromatic carbocycles. The van der Waals surface area contributed by atoms with Crippen LogP contribution in [0.2, 0.25) is 0 Å². The summed E-state index contributed by atoms with van der Waals surface area (Å²) < 4.78 is 18.6. The zero-order valence-electron chi connectivity index (χ0n) is 22.1. The third-order valence-corrected chi connectivity index (χ3v) is 6.91. The van der Waals surface area contributed by atoms with Gasteiger partial charge in [-0.05, 0) is 54.4 Å². The Bertz CT molecular complexity index is 1230. The van der Waals surface area contributed by atoms with Crippen LogP contribution >= 0.6 is 0 Å². The minimum atomic E-state index is -0.399. The summed E-state index contributed by atoms with van der Waals surface area (Å²) in [6.45, 7) is 6.86. The number of ether oxygens (including phenoxy) is 1. The zero-order chi connectivity index (χ0) is 27.1. The van der Waals surface area contributed by atoms with Gasteiger partial charge in [0, 0.05) is 43.9 Å². The summed E-state index contributed by atoms with van der Waals surface area (Å²) in [7, 11) is 1.63. The number of rotatable bonds is 9. The van der Waals surface area contributed by atoms with E-state index in [1.165, 1.54) is 24.3 Å². The minimum absolute atomic E-state index is 0.00437. The lowest BCUT2D eigenvalue weighted by atomic mass is 10.1. The van der Waals surface area contributed by atoms with E-state index in [9.17, 15) is 14.0 Å². The van der Waals surface area contributed by atoms with Crippen LogP contribution in [0.15, 0.2) is 60.7 Å². The largest absolute Gasteiger partial charge is 0.497 e. The van der Waals surface area contributed by atoms with Crippen molar-refractivity contribution in [2.75, 3.05) is 51.3 Å². The van der Waals surface area contributed by atoms with Crippen molar-refractivity contribution in [2.24, 2.45) is 5.92 Å². The first kappa shape index (κ1) is 27.0. The van der Waals surface area contributed by atoms with Gasteiger partial charge in [0.1, 0.15) is 18.1 Å². The van der Waals surface area contributed by atoms with E-state index < -0.39 is 5.82 Å². The Morgan fingerprint density at radius 2 is 1.76 bits per heavy atom. The van der Waals surface area contributed by atoms with Crippen LogP contribution in [0, 0.1) is 11.7 Å². The number of benzene rings is 2. The van der Waals surface area contributed by atoms with Crippen molar-refractivity contribution < 1.29 is 18.7 Å². The van der Waals surface area contributed by atoms with Gasteiger partial charge in [0.2, 0.25) is 5.91 Å². The lowest BCUT2D eigenvalue weighted by molar-refractivity contribution is -0.132. The molecule has 0 aliphatic carbocycles. The van der Waals surface area contributed by atoms with Gasteiger partial charge in [-0.3, -0.25) is 9.59 Å². The van der Waals surface area contributed by atoms with E-state index in [0.717, 1.165) is 29.2 Å². The molecular formula is C29H34FN5O3. The van der Waals surface area contributed by atoms with Crippen molar-refractivity contribution in [2.45, 2.75) is 20.3 Å². The Kier molecular flexibility index (Phi) is 8.89. The number of anilines is 1. The molecule has 1 fully saturated rings. The van der Waals surface area contributed by atoms with E-state index in [0.29, 0.717) is 38.3 Å². The number of nitrogens with zero attached hydrogens (tertiary/aromatic N) is 5. The molecule has 0 saturated carbocycles. The second-order valence-corrected chi connectivity index (χ2v) is 9.58. The first-order chi connectivity index (χ1) is 18.4. The summed E-state index contributed by atoms with van der Waals surface area (Å²) in [5.41, 5.74) is 2.06. The summed E-state index contributed by atoms with van der Waals surface area (Å²) in [6.07, 6.45) is 0.887. The Morgan fingerprint density at radius 3 is 2.39 bits per heavy atom. The van der Waals surface area contributed by atoms with Gasteiger partial charge in [-0.25, -0.2) is 4.39 Å². The van der Waals surface area contributed by atoms with Crippen molar-refractivity contribution in [3.63, 3.8) is 0 Å². The normalized spacial score (nSPS) is 14.2. The van der Waals surface area contributed by atoms with E-state index in [4.69, 9.17) is 4.74 Å². The summed E-state index contributed by atoms with van der Waals surface area (Å²) in [4.78, 5) is 31.8. The maximum atomic E-state index is 13.3. The molecule has 0 spiro atoms. The van der Waals surface area contributed by atoms with Crippen molar-refractivity contribution in [1.29, 1.82) is 0 Å². The van der Waals surface area contributed by atoms with Crippen LogP contribution in [-0.2, 0) is 4.79 Å². The number of hydrogen-bond donors (Lipinski definition) is 0. The molecule has 1 aromatic heterocycles. The Morgan fingerprint density at radius 1 is 1.03 bits per heavy atom. The maximum absolute atomic E-state index is 13.3. The SMILES string of the molecule is CC[C@H](C)CN(CC(=O)N1CCN(c2ccc(-c3cccc(OC)c3)nn2)CC1)C(=O)c1ccc(F)cc1. The molecule has 8 nitrogen and oxygen atoms in total. The van der Waals surface area contributed by atoms with Crippen LogP contribution < -0.4 is 9.64 Å². The third-order valence-electron chi connectivity index (χ3n) is 6.91. The van der Waals surface area contributed by atoms with Crippen LogP contribution in [0.5, 0.6) is 5.75 Å². The molecule has 200 valence electrons. The fraction of sp³-hybridized carbons (Fsp3) is 0.379. The number of piperazine rings is 1. The van der Waals surface area contributed by atoms with Gasteiger partial charge < -0.3 is 19.4 Å². The maximum Gasteiger partial charge on any atom is 0.254 e.